The first kappa shape index (κ1) is 12.2. The minimum atomic E-state index is -0.481. The Balaban J connectivity index is 2.34. The number of nitriles is 1. The summed E-state index contributed by atoms with van der Waals surface area (Å²) >= 11 is 0. The van der Waals surface area contributed by atoms with Crippen LogP contribution < -0.4 is 5.56 Å². The van der Waals surface area contributed by atoms with E-state index >= 15 is 0 Å². The van der Waals surface area contributed by atoms with Crippen molar-refractivity contribution in [3.8, 4) is 6.07 Å². The van der Waals surface area contributed by atoms with Gasteiger partial charge in [0.25, 0.3) is 5.56 Å². The fourth-order valence-corrected chi connectivity index (χ4v) is 1.56. The molecule has 18 heavy (non-hydrogen) atoms. The number of rotatable bonds is 3. The lowest BCUT2D eigenvalue weighted by Gasteiger charge is -2.14. The van der Waals surface area contributed by atoms with E-state index in [0.717, 1.165) is 0 Å². The molecular weight excluding hydrogens is 232 g/mol. The predicted octanol–water partition coefficient (Wildman–Crippen LogP) is 0.465. The van der Waals surface area contributed by atoms with Crippen molar-refractivity contribution in [3.63, 3.8) is 0 Å². The zero-order chi connectivity index (χ0) is 13.3. The molecule has 0 radical (unpaired) electrons. The van der Waals surface area contributed by atoms with E-state index in [4.69, 9.17) is 5.26 Å². The first-order chi connectivity index (χ1) is 8.44. The van der Waals surface area contributed by atoms with Crippen LogP contribution >= 0.6 is 0 Å². The molecule has 2 aromatic rings. The van der Waals surface area contributed by atoms with E-state index in [1.165, 1.54) is 15.6 Å². The Morgan fingerprint density at radius 1 is 1.50 bits per heavy atom. The third-order valence-electron chi connectivity index (χ3n) is 2.87. The lowest BCUT2D eigenvalue weighted by molar-refractivity contribution is 0.385. The molecule has 0 saturated heterocycles. The molecule has 0 atom stereocenters. The second-order valence-corrected chi connectivity index (χ2v) is 4.87. The highest BCUT2D eigenvalue weighted by molar-refractivity contribution is 5.72. The van der Waals surface area contributed by atoms with E-state index in [1.54, 1.807) is 7.05 Å². The summed E-state index contributed by atoms with van der Waals surface area (Å²) in [6, 6.07) is 2.19. The fraction of sp³-hybridized carbons (Fsp3) is 0.545. The van der Waals surface area contributed by atoms with Crippen LogP contribution in [0.4, 0.5) is 0 Å². The molecule has 0 aliphatic heterocycles. The summed E-state index contributed by atoms with van der Waals surface area (Å²) < 4.78 is 2.79. The van der Waals surface area contributed by atoms with E-state index < -0.39 is 5.41 Å². The average Bonchev–Trinajstić information content (AvgIpc) is 2.71. The molecule has 0 aliphatic rings. The number of aromatic nitrogens is 5. The first-order valence-electron chi connectivity index (χ1n) is 5.61. The highest BCUT2D eigenvalue weighted by Gasteiger charge is 2.18. The van der Waals surface area contributed by atoms with Gasteiger partial charge in [-0.3, -0.25) is 4.79 Å². The SMILES string of the molecule is Cn1ncc2c(=O)n(CCC(C)(C)C#N)nnc21. The standard InChI is InChI=1S/C11H14N6O/c1-11(2,7-12)4-5-17-10(18)8-6-13-16(3)9(8)14-15-17/h6H,4-5H2,1-3H3. The predicted molar refractivity (Wildman–Crippen MR) is 64.6 cm³/mol. The molecule has 7 nitrogen and oxygen atoms in total. The molecule has 0 fully saturated rings. The van der Waals surface area contributed by atoms with E-state index in [1.807, 2.05) is 13.8 Å². The minimum Gasteiger partial charge on any atom is -0.267 e. The molecule has 0 N–H and O–H groups in total. The topological polar surface area (TPSA) is 89.4 Å². The highest BCUT2D eigenvalue weighted by Crippen LogP contribution is 2.18. The van der Waals surface area contributed by atoms with Gasteiger partial charge in [-0.1, -0.05) is 5.21 Å². The Hall–Kier alpha value is -2.23. The van der Waals surface area contributed by atoms with E-state index in [2.05, 4.69) is 21.5 Å². The summed E-state index contributed by atoms with van der Waals surface area (Å²) in [4.78, 5) is 12.1. The van der Waals surface area contributed by atoms with Gasteiger partial charge in [-0.05, 0) is 20.3 Å². The molecule has 0 aromatic carbocycles. The smallest absolute Gasteiger partial charge is 0.267 e. The zero-order valence-electron chi connectivity index (χ0n) is 10.6. The van der Waals surface area contributed by atoms with Gasteiger partial charge < -0.3 is 0 Å². The van der Waals surface area contributed by atoms with Gasteiger partial charge >= 0.3 is 0 Å². The molecule has 7 heteroatoms. The van der Waals surface area contributed by atoms with E-state index in [-0.39, 0.29) is 5.56 Å². The van der Waals surface area contributed by atoms with Crippen LogP contribution in [0.1, 0.15) is 20.3 Å². The minimum absolute atomic E-state index is 0.221. The van der Waals surface area contributed by atoms with E-state index in [0.29, 0.717) is 24.0 Å². The van der Waals surface area contributed by atoms with Gasteiger partial charge in [0.15, 0.2) is 5.65 Å². The van der Waals surface area contributed by atoms with Crippen molar-refractivity contribution in [1.29, 1.82) is 5.26 Å². The summed E-state index contributed by atoms with van der Waals surface area (Å²) in [5, 5.41) is 21.2. The van der Waals surface area contributed by atoms with E-state index in [9.17, 15) is 4.79 Å². The van der Waals surface area contributed by atoms with Crippen molar-refractivity contribution in [2.75, 3.05) is 0 Å². The van der Waals surface area contributed by atoms with Gasteiger partial charge in [-0.25, -0.2) is 9.36 Å². The molecule has 0 unspecified atom stereocenters. The van der Waals surface area contributed by atoms with Crippen LogP contribution in [0.5, 0.6) is 0 Å². The van der Waals surface area contributed by atoms with Gasteiger partial charge in [0.05, 0.1) is 17.7 Å². The zero-order valence-corrected chi connectivity index (χ0v) is 10.6. The summed E-state index contributed by atoms with van der Waals surface area (Å²) in [6.45, 7) is 4.03. The number of hydrogen-bond acceptors (Lipinski definition) is 5. The van der Waals surface area contributed by atoms with Crippen molar-refractivity contribution < 1.29 is 0 Å². The molecule has 0 aliphatic carbocycles. The molecule has 94 valence electrons. The second kappa shape index (κ2) is 4.22. The lowest BCUT2D eigenvalue weighted by atomic mass is 9.92. The maximum atomic E-state index is 12.1. The normalized spacial score (nSPS) is 11.7. The van der Waals surface area contributed by atoms with Crippen molar-refractivity contribution in [2.24, 2.45) is 12.5 Å². The lowest BCUT2D eigenvalue weighted by Crippen LogP contribution is -2.26. The number of nitrogens with zero attached hydrogens (tertiary/aromatic N) is 6. The summed E-state index contributed by atoms with van der Waals surface area (Å²) in [5.74, 6) is 0. The maximum Gasteiger partial charge on any atom is 0.280 e. The third kappa shape index (κ3) is 2.09. The molecular formula is C11H14N6O. The van der Waals surface area contributed by atoms with Gasteiger partial charge in [-0.2, -0.15) is 10.4 Å². The number of fused-ring (bicyclic) bond motifs is 1. The molecule has 0 amide bonds. The van der Waals surface area contributed by atoms with Crippen molar-refractivity contribution in [3.05, 3.63) is 16.6 Å². The molecule has 0 spiro atoms. The third-order valence-corrected chi connectivity index (χ3v) is 2.87. The first-order valence-corrected chi connectivity index (χ1v) is 5.61. The highest BCUT2D eigenvalue weighted by atomic mass is 16.1. The van der Waals surface area contributed by atoms with Gasteiger partial charge in [0, 0.05) is 13.6 Å². The monoisotopic (exact) mass is 246 g/mol. The second-order valence-electron chi connectivity index (χ2n) is 4.87. The van der Waals surface area contributed by atoms with Gasteiger partial charge in [0.1, 0.15) is 5.39 Å². The van der Waals surface area contributed by atoms with Crippen LogP contribution in [0.15, 0.2) is 11.0 Å². The Morgan fingerprint density at radius 3 is 2.89 bits per heavy atom. The largest absolute Gasteiger partial charge is 0.280 e. The summed E-state index contributed by atoms with van der Waals surface area (Å²) in [6.07, 6.45) is 2.03. The van der Waals surface area contributed by atoms with Gasteiger partial charge in [-0.15, -0.1) is 5.10 Å². The van der Waals surface area contributed by atoms with Crippen LogP contribution in [0.3, 0.4) is 0 Å². The Bertz CT molecular complexity index is 675. The number of hydrogen-bond donors (Lipinski definition) is 0. The Kier molecular flexibility index (Phi) is 2.87. The molecule has 2 aromatic heterocycles. The number of aryl methyl sites for hydroxylation is 2. The van der Waals surface area contributed by atoms with Crippen LogP contribution in [0, 0.1) is 16.7 Å². The molecule has 0 saturated carbocycles. The molecule has 2 rings (SSSR count). The van der Waals surface area contributed by atoms with Crippen molar-refractivity contribution in [2.45, 2.75) is 26.8 Å². The molecule has 2 heterocycles. The Morgan fingerprint density at radius 2 is 2.22 bits per heavy atom. The van der Waals surface area contributed by atoms with Crippen molar-refractivity contribution >= 4 is 11.0 Å². The summed E-state index contributed by atoms with van der Waals surface area (Å²) in [7, 11) is 1.71. The fourth-order valence-electron chi connectivity index (χ4n) is 1.56. The average molecular weight is 246 g/mol. The van der Waals surface area contributed by atoms with Crippen LogP contribution in [0.2, 0.25) is 0 Å². The molecule has 0 bridgehead atoms. The van der Waals surface area contributed by atoms with Crippen molar-refractivity contribution in [1.82, 2.24) is 24.8 Å². The van der Waals surface area contributed by atoms with Gasteiger partial charge in [0.2, 0.25) is 0 Å². The van der Waals surface area contributed by atoms with Crippen LogP contribution in [-0.2, 0) is 13.6 Å². The summed E-state index contributed by atoms with van der Waals surface area (Å²) in [5.41, 5.74) is -0.233. The quantitative estimate of drug-likeness (QED) is 0.785. The van der Waals surface area contributed by atoms with Crippen LogP contribution in [-0.4, -0.2) is 24.8 Å². The maximum absolute atomic E-state index is 12.1. The Labute approximate surface area is 104 Å². The van der Waals surface area contributed by atoms with Crippen LogP contribution in [0.25, 0.3) is 11.0 Å².